The van der Waals surface area contributed by atoms with Crippen LogP contribution in [0.3, 0.4) is 0 Å². The van der Waals surface area contributed by atoms with E-state index < -0.39 is 11.6 Å². The van der Waals surface area contributed by atoms with Gasteiger partial charge in [0.25, 0.3) is 0 Å². The topological polar surface area (TPSA) is 0 Å². The van der Waals surface area contributed by atoms with Crippen LogP contribution < -0.4 is 0 Å². The lowest BCUT2D eigenvalue weighted by atomic mass is 10.1. The Bertz CT molecular complexity index is 436. The molecule has 0 amide bonds. The van der Waals surface area contributed by atoms with Gasteiger partial charge in [0.2, 0.25) is 0 Å². The third kappa shape index (κ3) is 2.21. The van der Waals surface area contributed by atoms with E-state index in [2.05, 4.69) is 0 Å². The van der Waals surface area contributed by atoms with Crippen molar-refractivity contribution in [1.29, 1.82) is 0 Å². The molecule has 0 heterocycles. The van der Waals surface area contributed by atoms with Crippen LogP contribution in [0.15, 0.2) is 48.5 Å². The van der Waals surface area contributed by atoms with Crippen LogP contribution in [0, 0.1) is 11.6 Å². The van der Waals surface area contributed by atoms with Crippen LogP contribution >= 0.6 is 0 Å². The van der Waals surface area contributed by atoms with Gasteiger partial charge >= 0.3 is 0 Å². The van der Waals surface area contributed by atoms with Gasteiger partial charge in [-0.15, -0.1) is 0 Å². The Hall–Kier alpha value is -1.70. The summed E-state index contributed by atoms with van der Waals surface area (Å²) >= 11 is 0. The van der Waals surface area contributed by atoms with Crippen molar-refractivity contribution in [2.45, 2.75) is 7.43 Å². The second kappa shape index (κ2) is 4.69. The highest BCUT2D eigenvalue weighted by molar-refractivity contribution is 5.63. The van der Waals surface area contributed by atoms with E-state index in [4.69, 9.17) is 0 Å². The molecular formula is C13H12F2. The van der Waals surface area contributed by atoms with Crippen molar-refractivity contribution in [3.63, 3.8) is 0 Å². The molecule has 2 aromatic carbocycles. The molecule has 2 rings (SSSR count). The summed E-state index contributed by atoms with van der Waals surface area (Å²) in [5.41, 5.74) is 0.982. The minimum absolute atomic E-state index is 0. The second-order valence-electron chi connectivity index (χ2n) is 2.97. The van der Waals surface area contributed by atoms with Crippen molar-refractivity contribution in [3.8, 4) is 11.1 Å². The number of rotatable bonds is 1. The average molecular weight is 206 g/mol. The van der Waals surface area contributed by atoms with Crippen LogP contribution in [0.25, 0.3) is 11.1 Å². The molecule has 0 nitrogen and oxygen atoms in total. The van der Waals surface area contributed by atoms with Crippen molar-refractivity contribution < 1.29 is 8.78 Å². The van der Waals surface area contributed by atoms with E-state index in [9.17, 15) is 8.78 Å². The molecule has 0 atom stereocenters. The highest BCUT2D eigenvalue weighted by Crippen LogP contribution is 2.23. The Kier molecular flexibility index (Phi) is 3.56. The van der Waals surface area contributed by atoms with Gasteiger partial charge in [0.05, 0.1) is 0 Å². The monoisotopic (exact) mass is 206 g/mol. The van der Waals surface area contributed by atoms with E-state index in [1.807, 2.05) is 6.07 Å². The maximum absolute atomic E-state index is 13.3. The van der Waals surface area contributed by atoms with Gasteiger partial charge < -0.3 is 0 Å². The summed E-state index contributed by atoms with van der Waals surface area (Å²) in [4.78, 5) is 0. The first-order valence-corrected chi connectivity index (χ1v) is 4.28. The largest absolute Gasteiger partial charge is 0.204 e. The summed E-state index contributed by atoms with van der Waals surface area (Å²) in [6.07, 6.45) is 0. The predicted octanol–water partition coefficient (Wildman–Crippen LogP) is 4.27. The van der Waals surface area contributed by atoms with E-state index in [0.29, 0.717) is 11.1 Å². The molecule has 0 spiro atoms. The first-order valence-electron chi connectivity index (χ1n) is 4.28. The maximum Gasteiger partial charge on any atom is 0.166 e. The zero-order valence-corrected chi connectivity index (χ0v) is 7.37. The van der Waals surface area contributed by atoms with Gasteiger partial charge in [-0.1, -0.05) is 49.9 Å². The first kappa shape index (κ1) is 11.4. The summed E-state index contributed by atoms with van der Waals surface area (Å²) in [5, 5.41) is 0. The van der Waals surface area contributed by atoms with Crippen LogP contribution in [-0.4, -0.2) is 0 Å². The van der Waals surface area contributed by atoms with Crippen LogP contribution in [-0.2, 0) is 0 Å². The molecule has 0 aliphatic rings. The van der Waals surface area contributed by atoms with E-state index >= 15 is 0 Å². The van der Waals surface area contributed by atoms with Crippen LogP contribution in [0.1, 0.15) is 7.43 Å². The maximum atomic E-state index is 13.3. The highest BCUT2D eigenvalue weighted by Gasteiger charge is 2.08. The number of halogens is 2. The van der Waals surface area contributed by atoms with Gasteiger partial charge in [0, 0.05) is 5.56 Å². The van der Waals surface area contributed by atoms with Gasteiger partial charge in [-0.2, -0.15) is 0 Å². The van der Waals surface area contributed by atoms with E-state index in [1.165, 1.54) is 6.07 Å². The molecular weight excluding hydrogens is 194 g/mol. The van der Waals surface area contributed by atoms with E-state index in [-0.39, 0.29) is 7.43 Å². The summed E-state index contributed by atoms with van der Waals surface area (Å²) < 4.78 is 26.2. The number of benzene rings is 2. The van der Waals surface area contributed by atoms with Gasteiger partial charge in [-0.25, -0.2) is 8.78 Å². The van der Waals surface area contributed by atoms with Crippen LogP contribution in [0.4, 0.5) is 8.78 Å². The lowest BCUT2D eigenvalue weighted by Gasteiger charge is -2.02. The molecule has 15 heavy (non-hydrogen) atoms. The van der Waals surface area contributed by atoms with E-state index in [1.54, 1.807) is 30.3 Å². The molecule has 0 aliphatic carbocycles. The van der Waals surface area contributed by atoms with Gasteiger partial charge in [-0.3, -0.25) is 0 Å². The molecule has 0 fully saturated rings. The SMILES string of the molecule is C.Fc1cccc(-c2ccccc2)c1F. The normalized spacial score (nSPS) is 9.47. The summed E-state index contributed by atoms with van der Waals surface area (Å²) in [6.45, 7) is 0. The molecule has 0 radical (unpaired) electrons. The lowest BCUT2D eigenvalue weighted by molar-refractivity contribution is 0.511. The summed E-state index contributed by atoms with van der Waals surface area (Å²) in [5.74, 6) is -1.61. The zero-order chi connectivity index (χ0) is 9.97. The lowest BCUT2D eigenvalue weighted by Crippen LogP contribution is -1.88. The number of hydrogen-bond donors (Lipinski definition) is 0. The Labute approximate surface area is 88.2 Å². The van der Waals surface area contributed by atoms with Crippen molar-refractivity contribution in [1.82, 2.24) is 0 Å². The standard InChI is InChI=1S/C12H8F2.CH4/c13-11-8-4-7-10(12(11)14)9-5-2-1-3-6-9;/h1-8H;1H4. The minimum atomic E-state index is -0.814. The van der Waals surface area contributed by atoms with Crippen LogP contribution in [0.2, 0.25) is 0 Å². The Morgan fingerprint density at radius 3 is 2.07 bits per heavy atom. The molecule has 78 valence electrons. The van der Waals surface area contributed by atoms with Crippen molar-refractivity contribution >= 4 is 0 Å². The quantitative estimate of drug-likeness (QED) is 0.653. The fourth-order valence-corrected chi connectivity index (χ4v) is 1.34. The van der Waals surface area contributed by atoms with Gasteiger partial charge in [0.1, 0.15) is 0 Å². The Morgan fingerprint density at radius 1 is 0.733 bits per heavy atom. The molecule has 0 aliphatic heterocycles. The molecule has 0 bridgehead atoms. The Balaban J connectivity index is 0.00000112. The minimum Gasteiger partial charge on any atom is -0.204 e. The average Bonchev–Trinajstić information content (AvgIpc) is 2.23. The predicted molar refractivity (Wildman–Crippen MR) is 58.5 cm³/mol. The van der Waals surface area contributed by atoms with Gasteiger partial charge in [0.15, 0.2) is 11.6 Å². The van der Waals surface area contributed by atoms with E-state index in [0.717, 1.165) is 6.07 Å². The van der Waals surface area contributed by atoms with Gasteiger partial charge in [-0.05, 0) is 11.6 Å². The third-order valence-electron chi connectivity index (χ3n) is 2.04. The third-order valence-corrected chi connectivity index (χ3v) is 2.04. The Morgan fingerprint density at radius 2 is 1.40 bits per heavy atom. The molecule has 0 aromatic heterocycles. The smallest absolute Gasteiger partial charge is 0.166 e. The molecule has 2 aromatic rings. The van der Waals surface area contributed by atoms with Crippen LogP contribution in [0.5, 0.6) is 0 Å². The molecule has 2 heteroatoms. The van der Waals surface area contributed by atoms with Crippen molar-refractivity contribution in [2.24, 2.45) is 0 Å². The fraction of sp³-hybridized carbons (Fsp3) is 0.0769. The second-order valence-corrected chi connectivity index (χ2v) is 2.97. The molecule has 0 N–H and O–H groups in total. The molecule has 0 saturated heterocycles. The van der Waals surface area contributed by atoms with Crippen molar-refractivity contribution in [2.75, 3.05) is 0 Å². The highest BCUT2D eigenvalue weighted by atomic mass is 19.2. The molecule has 0 saturated carbocycles. The summed E-state index contributed by atoms with van der Waals surface area (Å²) in [7, 11) is 0. The van der Waals surface area contributed by atoms with Crippen molar-refractivity contribution in [3.05, 3.63) is 60.2 Å². The summed E-state index contributed by atoms with van der Waals surface area (Å²) in [6, 6.07) is 13.1. The number of hydrogen-bond acceptors (Lipinski definition) is 0. The fourth-order valence-electron chi connectivity index (χ4n) is 1.34. The molecule has 0 unspecified atom stereocenters. The first-order chi connectivity index (χ1) is 6.79. The zero-order valence-electron chi connectivity index (χ0n) is 7.37.